The van der Waals surface area contributed by atoms with Crippen molar-refractivity contribution in [2.24, 2.45) is 5.92 Å². The van der Waals surface area contributed by atoms with E-state index in [1.54, 1.807) is 0 Å². The fourth-order valence-electron chi connectivity index (χ4n) is 3.70. The van der Waals surface area contributed by atoms with Crippen molar-refractivity contribution in [2.45, 2.75) is 38.6 Å². The number of hydrogen-bond donors (Lipinski definition) is 0. The van der Waals surface area contributed by atoms with Crippen LogP contribution in [0.2, 0.25) is 0 Å². The number of anilines is 1. The molecule has 2 aliphatic rings. The summed E-state index contributed by atoms with van der Waals surface area (Å²) in [6, 6.07) is 11.0. The molecule has 1 saturated carbocycles. The Balaban J connectivity index is 1.53. The van der Waals surface area contributed by atoms with Crippen LogP contribution in [-0.2, 0) is 0 Å². The average molecular weight is 283 g/mol. The predicted molar refractivity (Wildman–Crippen MR) is 86.4 cm³/mol. The van der Waals surface area contributed by atoms with Gasteiger partial charge in [0.15, 0.2) is 0 Å². The second kappa shape index (κ2) is 6.49. The molecule has 21 heavy (non-hydrogen) atoms. The Labute approximate surface area is 128 Å². The van der Waals surface area contributed by atoms with Gasteiger partial charge in [0, 0.05) is 37.9 Å². The lowest BCUT2D eigenvalue weighted by Gasteiger charge is -2.42. The molecule has 1 saturated heterocycles. The molecule has 3 nitrogen and oxygen atoms in total. The van der Waals surface area contributed by atoms with Crippen LogP contribution in [0.25, 0.3) is 0 Å². The second-order valence-corrected chi connectivity index (χ2v) is 6.60. The van der Waals surface area contributed by atoms with E-state index in [1.165, 1.54) is 44.5 Å². The fraction of sp³-hybridized carbons (Fsp3) is 0.611. The van der Waals surface area contributed by atoms with Gasteiger partial charge in [0.2, 0.25) is 0 Å². The van der Waals surface area contributed by atoms with Crippen LogP contribution in [0.4, 0.5) is 5.69 Å². The Morgan fingerprint density at radius 1 is 0.952 bits per heavy atom. The Morgan fingerprint density at radius 3 is 2.14 bits per heavy atom. The minimum atomic E-state index is 0.744. The van der Waals surface area contributed by atoms with Crippen LogP contribution in [0.15, 0.2) is 24.3 Å². The first-order chi connectivity index (χ1) is 10.3. The van der Waals surface area contributed by atoms with E-state index in [4.69, 9.17) is 5.26 Å². The van der Waals surface area contributed by atoms with E-state index >= 15 is 0 Å². The quantitative estimate of drug-likeness (QED) is 0.834. The third-order valence-electron chi connectivity index (χ3n) is 5.18. The zero-order valence-electron chi connectivity index (χ0n) is 13.0. The highest BCUT2D eigenvalue weighted by Gasteiger charge is 2.26. The third-order valence-corrected chi connectivity index (χ3v) is 5.18. The molecule has 0 aromatic heterocycles. The topological polar surface area (TPSA) is 30.3 Å². The van der Waals surface area contributed by atoms with E-state index in [-0.39, 0.29) is 0 Å². The summed E-state index contributed by atoms with van der Waals surface area (Å²) >= 11 is 0. The van der Waals surface area contributed by atoms with Crippen LogP contribution in [-0.4, -0.2) is 37.1 Å². The molecule has 1 aliphatic heterocycles. The zero-order chi connectivity index (χ0) is 14.7. The summed E-state index contributed by atoms with van der Waals surface area (Å²) in [5.74, 6) is 0.932. The summed E-state index contributed by atoms with van der Waals surface area (Å²) in [7, 11) is 0. The van der Waals surface area contributed by atoms with Gasteiger partial charge in [-0.3, -0.25) is 4.90 Å². The highest BCUT2D eigenvalue weighted by Crippen LogP contribution is 2.28. The molecule has 1 aromatic carbocycles. The molecule has 1 heterocycles. The van der Waals surface area contributed by atoms with Gasteiger partial charge in [-0.05, 0) is 55.9 Å². The Kier molecular flexibility index (Phi) is 4.45. The second-order valence-electron chi connectivity index (χ2n) is 6.60. The monoisotopic (exact) mass is 283 g/mol. The van der Waals surface area contributed by atoms with Gasteiger partial charge >= 0.3 is 0 Å². The van der Waals surface area contributed by atoms with E-state index < -0.39 is 0 Å². The minimum absolute atomic E-state index is 0.744. The maximum absolute atomic E-state index is 8.87. The number of piperazine rings is 1. The Bertz CT molecular complexity index is 486. The molecule has 112 valence electrons. The largest absolute Gasteiger partial charge is 0.369 e. The first-order valence-corrected chi connectivity index (χ1v) is 8.25. The lowest BCUT2D eigenvalue weighted by Crippen LogP contribution is -2.51. The van der Waals surface area contributed by atoms with Crippen LogP contribution >= 0.6 is 0 Å². The summed E-state index contributed by atoms with van der Waals surface area (Å²) in [6.45, 7) is 6.97. The molecule has 3 rings (SSSR count). The van der Waals surface area contributed by atoms with Gasteiger partial charge in [0.25, 0.3) is 0 Å². The summed E-state index contributed by atoms with van der Waals surface area (Å²) in [5, 5.41) is 8.87. The van der Waals surface area contributed by atoms with Gasteiger partial charge in [-0.1, -0.05) is 6.92 Å². The molecule has 0 spiro atoms. The minimum Gasteiger partial charge on any atom is -0.369 e. The maximum atomic E-state index is 8.87. The van der Waals surface area contributed by atoms with E-state index in [9.17, 15) is 0 Å². The molecule has 1 aliphatic carbocycles. The molecule has 0 amide bonds. The van der Waals surface area contributed by atoms with Gasteiger partial charge < -0.3 is 4.90 Å². The first-order valence-electron chi connectivity index (χ1n) is 8.25. The van der Waals surface area contributed by atoms with Crippen molar-refractivity contribution >= 4 is 5.69 Å². The highest BCUT2D eigenvalue weighted by molar-refractivity contribution is 5.50. The average Bonchev–Trinajstić information content (AvgIpc) is 2.56. The van der Waals surface area contributed by atoms with Crippen LogP contribution < -0.4 is 4.90 Å². The van der Waals surface area contributed by atoms with E-state index in [0.29, 0.717) is 0 Å². The van der Waals surface area contributed by atoms with Crippen LogP contribution in [0.5, 0.6) is 0 Å². The molecule has 2 fully saturated rings. The first kappa shape index (κ1) is 14.4. The third kappa shape index (κ3) is 3.39. The summed E-state index contributed by atoms with van der Waals surface area (Å²) < 4.78 is 0. The summed E-state index contributed by atoms with van der Waals surface area (Å²) in [4.78, 5) is 5.15. The van der Waals surface area contributed by atoms with Crippen molar-refractivity contribution in [3.63, 3.8) is 0 Å². The van der Waals surface area contributed by atoms with Crippen molar-refractivity contribution < 1.29 is 0 Å². The predicted octanol–water partition coefficient (Wildman–Crippen LogP) is 3.26. The number of hydrogen-bond acceptors (Lipinski definition) is 3. The van der Waals surface area contributed by atoms with Gasteiger partial charge in [-0.15, -0.1) is 0 Å². The summed E-state index contributed by atoms with van der Waals surface area (Å²) in [5.41, 5.74) is 2.00. The molecule has 0 radical (unpaired) electrons. The normalized spacial score (nSPS) is 27.3. The number of nitriles is 1. The van der Waals surface area contributed by atoms with Gasteiger partial charge in [-0.2, -0.15) is 5.26 Å². The van der Waals surface area contributed by atoms with Crippen LogP contribution in [0.3, 0.4) is 0 Å². The number of rotatable bonds is 2. The lowest BCUT2D eigenvalue weighted by molar-refractivity contribution is 0.133. The van der Waals surface area contributed by atoms with E-state index in [2.05, 4.69) is 34.9 Å². The fourth-order valence-corrected chi connectivity index (χ4v) is 3.70. The molecule has 0 unspecified atom stereocenters. The van der Waals surface area contributed by atoms with E-state index in [1.807, 2.05) is 12.1 Å². The van der Waals surface area contributed by atoms with E-state index in [0.717, 1.165) is 30.6 Å². The Hall–Kier alpha value is -1.53. The standard InChI is InChI=1S/C18H25N3/c1-15-2-6-17(7-3-15)20-10-12-21(13-11-20)18-8-4-16(14-19)5-9-18/h4-5,8-9,15,17H,2-3,6-7,10-13H2,1H3. The van der Waals surface area contributed by atoms with Gasteiger partial charge in [0.1, 0.15) is 0 Å². The smallest absolute Gasteiger partial charge is 0.0991 e. The molecular weight excluding hydrogens is 258 g/mol. The molecule has 0 atom stereocenters. The molecule has 0 N–H and O–H groups in total. The summed E-state index contributed by atoms with van der Waals surface area (Å²) in [6.07, 6.45) is 5.58. The van der Waals surface area contributed by atoms with Crippen molar-refractivity contribution in [1.82, 2.24) is 4.90 Å². The van der Waals surface area contributed by atoms with Gasteiger partial charge in [-0.25, -0.2) is 0 Å². The van der Waals surface area contributed by atoms with Crippen LogP contribution in [0.1, 0.15) is 38.2 Å². The molecular formula is C18H25N3. The zero-order valence-corrected chi connectivity index (χ0v) is 13.0. The molecule has 3 heteroatoms. The number of nitrogens with zero attached hydrogens (tertiary/aromatic N) is 3. The Morgan fingerprint density at radius 2 is 1.57 bits per heavy atom. The van der Waals surface area contributed by atoms with Crippen molar-refractivity contribution in [3.05, 3.63) is 29.8 Å². The van der Waals surface area contributed by atoms with Gasteiger partial charge in [0.05, 0.1) is 11.6 Å². The SMILES string of the molecule is CC1CCC(N2CCN(c3ccc(C#N)cc3)CC2)CC1. The van der Waals surface area contributed by atoms with Crippen molar-refractivity contribution in [3.8, 4) is 6.07 Å². The van der Waals surface area contributed by atoms with Crippen molar-refractivity contribution in [1.29, 1.82) is 5.26 Å². The number of benzene rings is 1. The maximum Gasteiger partial charge on any atom is 0.0991 e. The molecule has 1 aromatic rings. The van der Waals surface area contributed by atoms with Crippen molar-refractivity contribution in [2.75, 3.05) is 31.1 Å². The lowest BCUT2D eigenvalue weighted by atomic mass is 9.86. The highest BCUT2D eigenvalue weighted by atomic mass is 15.3. The van der Waals surface area contributed by atoms with Crippen LogP contribution in [0, 0.1) is 17.2 Å². The molecule has 0 bridgehead atoms.